The lowest BCUT2D eigenvalue weighted by Gasteiger charge is -2.38. The molecule has 1 aliphatic heterocycles. The Morgan fingerprint density at radius 3 is 2.56 bits per heavy atom. The van der Waals surface area contributed by atoms with E-state index in [0.717, 1.165) is 6.04 Å². The summed E-state index contributed by atoms with van der Waals surface area (Å²) in [6.45, 7) is 11.1. The third-order valence-corrected chi connectivity index (χ3v) is 4.71. The number of likely N-dealkylation sites (tertiary alicyclic amines) is 1. The molecule has 2 fully saturated rings. The van der Waals surface area contributed by atoms with Crippen LogP contribution in [-0.4, -0.2) is 36.6 Å². The van der Waals surface area contributed by atoms with Gasteiger partial charge in [-0.2, -0.15) is 0 Å². The average Bonchev–Trinajstić information content (AvgIpc) is 2.28. The number of nitrogens with one attached hydrogen (secondary N) is 1. The Morgan fingerprint density at radius 1 is 1.17 bits per heavy atom. The van der Waals surface area contributed by atoms with E-state index in [1.165, 1.54) is 64.6 Å². The minimum absolute atomic E-state index is 0.556. The lowest BCUT2D eigenvalue weighted by molar-refractivity contribution is 0.166. The molecule has 18 heavy (non-hydrogen) atoms. The zero-order valence-corrected chi connectivity index (χ0v) is 12.7. The summed E-state index contributed by atoms with van der Waals surface area (Å²) >= 11 is 0. The Bertz CT molecular complexity index is 243. The first-order valence-electron chi connectivity index (χ1n) is 8.04. The summed E-state index contributed by atoms with van der Waals surface area (Å²) in [4.78, 5) is 2.65. The van der Waals surface area contributed by atoms with Crippen LogP contribution in [0.4, 0.5) is 0 Å². The van der Waals surface area contributed by atoms with Crippen LogP contribution in [0.2, 0.25) is 0 Å². The summed E-state index contributed by atoms with van der Waals surface area (Å²) in [6.07, 6.45) is 9.80. The fourth-order valence-corrected chi connectivity index (χ4v) is 3.82. The first kappa shape index (κ1) is 14.3. The van der Waals surface area contributed by atoms with E-state index < -0.39 is 0 Å². The Balaban J connectivity index is 1.71. The molecule has 2 heteroatoms. The monoisotopic (exact) mass is 252 g/mol. The van der Waals surface area contributed by atoms with Crippen LogP contribution in [-0.2, 0) is 0 Å². The van der Waals surface area contributed by atoms with E-state index in [-0.39, 0.29) is 0 Å². The number of nitrogens with zero attached hydrogens (tertiary/aromatic N) is 1. The zero-order chi connectivity index (χ0) is 13.0. The van der Waals surface area contributed by atoms with Gasteiger partial charge < -0.3 is 10.2 Å². The highest BCUT2D eigenvalue weighted by atomic mass is 15.2. The molecule has 1 heterocycles. The van der Waals surface area contributed by atoms with Gasteiger partial charge in [0.05, 0.1) is 0 Å². The quantitative estimate of drug-likeness (QED) is 0.825. The van der Waals surface area contributed by atoms with Crippen molar-refractivity contribution < 1.29 is 0 Å². The lowest BCUT2D eigenvalue weighted by Crippen LogP contribution is -2.47. The topological polar surface area (TPSA) is 15.3 Å². The van der Waals surface area contributed by atoms with Crippen LogP contribution < -0.4 is 5.32 Å². The van der Waals surface area contributed by atoms with Gasteiger partial charge in [-0.15, -0.1) is 0 Å². The fourth-order valence-electron chi connectivity index (χ4n) is 3.82. The molecule has 2 unspecified atom stereocenters. The van der Waals surface area contributed by atoms with Gasteiger partial charge in [-0.3, -0.25) is 0 Å². The molecule has 0 bridgehead atoms. The van der Waals surface area contributed by atoms with E-state index in [0.29, 0.717) is 11.5 Å². The molecule has 0 aromatic rings. The molecule has 0 amide bonds. The number of hydrogen-bond donors (Lipinski definition) is 1. The highest BCUT2D eigenvalue weighted by Gasteiger charge is 2.28. The van der Waals surface area contributed by atoms with E-state index in [9.17, 15) is 0 Å². The van der Waals surface area contributed by atoms with Crippen molar-refractivity contribution in [1.29, 1.82) is 0 Å². The minimum Gasteiger partial charge on any atom is -0.310 e. The van der Waals surface area contributed by atoms with Gasteiger partial charge in [-0.25, -0.2) is 0 Å². The van der Waals surface area contributed by atoms with Crippen molar-refractivity contribution in [3.8, 4) is 0 Å². The highest BCUT2D eigenvalue weighted by Crippen LogP contribution is 2.35. The molecule has 0 radical (unpaired) electrons. The molecular formula is C16H32N2. The van der Waals surface area contributed by atoms with Gasteiger partial charge in [0.25, 0.3) is 0 Å². The Morgan fingerprint density at radius 2 is 1.89 bits per heavy atom. The molecule has 0 aromatic heterocycles. The standard InChI is InChI=1S/C16H32N2/c1-14(13-18-10-5-4-6-11-18)17-15-8-7-9-16(2,3)12-15/h14-15,17H,4-13H2,1-3H3. The molecule has 2 nitrogen and oxygen atoms in total. The van der Waals surface area contributed by atoms with Crippen LogP contribution in [0, 0.1) is 5.41 Å². The van der Waals surface area contributed by atoms with Gasteiger partial charge >= 0.3 is 0 Å². The molecule has 2 atom stereocenters. The van der Waals surface area contributed by atoms with Crippen molar-refractivity contribution in [1.82, 2.24) is 10.2 Å². The van der Waals surface area contributed by atoms with Crippen molar-refractivity contribution >= 4 is 0 Å². The van der Waals surface area contributed by atoms with Gasteiger partial charge in [0.15, 0.2) is 0 Å². The summed E-state index contributed by atoms with van der Waals surface area (Å²) in [5.74, 6) is 0. The van der Waals surface area contributed by atoms with E-state index in [1.54, 1.807) is 0 Å². The van der Waals surface area contributed by atoms with Gasteiger partial charge in [-0.05, 0) is 57.5 Å². The third-order valence-electron chi connectivity index (χ3n) is 4.71. The van der Waals surface area contributed by atoms with Crippen LogP contribution >= 0.6 is 0 Å². The maximum atomic E-state index is 3.88. The SMILES string of the molecule is CC(CN1CCCCC1)NC1CCCC(C)(C)C1. The normalized spacial score (nSPS) is 31.2. The van der Waals surface area contributed by atoms with Crippen LogP contribution in [0.3, 0.4) is 0 Å². The van der Waals surface area contributed by atoms with Crippen molar-refractivity contribution in [2.24, 2.45) is 5.41 Å². The molecule has 2 aliphatic rings. The second-order valence-corrected chi connectivity index (χ2v) is 7.39. The summed E-state index contributed by atoms with van der Waals surface area (Å²) < 4.78 is 0. The Hall–Kier alpha value is -0.0800. The summed E-state index contributed by atoms with van der Waals surface area (Å²) in [5, 5.41) is 3.88. The van der Waals surface area contributed by atoms with Gasteiger partial charge in [0, 0.05) is 18.6 Å². The summed E-state index contributed by atoms with van der Waals surface area (Å²) in [5.41, 5.74) is 0.556. The largest absolute Gasteiger partial charge is 0.310 e. The number of hydrogen-bond acceptors (Lipinski definition) is 2. The fraction of sp³-hybridized carbons (Fsp3) is 1.00. The molecule has 1 saturated carbocycles. The Labute approximate surface area is 114 Å². The predicted molar refractivity (Wildman–Crippen MR) is 78.9 cm³/mol. The van der Waals surface area contributed by atoms with Crippen molar-refractivity contribution in [2.75, 3.05) is 19.6 Å². The minimum atomic E-state index is 0.556. The second-order valence-electron chi connectivity index (χ2n) is 7.39. The maximum absolute atomic E-state index is 3.88. The number of piperidine rings is 1. The maximum Gasteiger partial charge on any atom is 0.0169 e. The highest BCUT2D eigenvalue weighted by molar-refractivity contribution is 4.85. The molecular weight excluding hydrogens is 220 g/mol. The molecule has 0 aromatic carbocycles. The van der Waals surface area contributed by atoms with Crippen molar-refractivity contribution in [2.45, 2.75) is 77.8 Å². The summed E-state index contributed by atoms with van der Waals surface area (Å²) in [7, 11) is 0. The van der Waals surface area contributed by atoms with E-state index >= 15 is 0 Å². The average molecular weight is 252 g/mol. The Kier molecular flexibility index (Phi) is 5.08. The van der Waals surface area contributed by atoms with Crippen molar-refractivity contribution in [3.63, 3.8) is 0 Å². The van der Waals surface area contributed by atoms with E-state index in [4.69, 9.17) is 0 Å². The van der Waals surface area contributed by atoms with Crippen molar-refractivity contribution in [3.05, 3.63) is 0 Å². The zero-order valence-electron chi connectivity index (χ0n) is 12.7. The van der Waals surface area contributed by atoms with E-state index in [2.05, 4.69) is 31.0 Å². The number of rotatable bonds is 4. The van der Waals surface area contributed by atoms with Gasteiger partial charge in [-0.1, -0.05) is 26.7 Å². The van der Waals surface area contributed by atoms with Crippen LogP contribution in [0.15, 0.2) is 0 Å². The second kappa shape index (κ2) is 6.38. The van der Waals surface area contributed by atoms with Crippen LogP contribution in [0.25, 0.3) is 0 Å². The van der Waals surface area contributed by atoms with Crippen LogP contribution in [0.5, 0.6) is 0 Å². The summed E-state index contributed by atoms with van der Waals surface area (Å²) in [6, 6.07) is 1.41. The third kappa shape index (κ3) is 4.55. The van der Waals surface area contributed by atoms with Gasteiger partial charge in [0.2, 0.25) is 0 Å². The molecule has 1 aliphatic carbocycles. The first-order chi connectivity index (χ1) is 8.55. The molecule has 0 spiro atoms. The molecule has 1 N–H and O–H groups in total. The van der Waals surface area contributed by atoms with Crippen LogP contribution in [0.1, 0.15) is 65.7 Å². The lowest BCUT2D eigenvalue weighted by atomic mass is 9.75. The van der Waals surface area contributed by atoms with E-state index in [1.807, 2.05) is 0 Å². The smallest absolute Gasteiger partial charge is 0.0169 e. The molecule has 2 rings (SSSR count). The predicted octanol–water partition coefficient (Wildman–Crippen LogP) is 3.42. The molecule has 1 saturated heterocycles. The molecule has 106 valence electrons. The first-order valence-corrected chi connectivity index (χ1v) is 8.04. The van der Waals surface area contributed by atoms with Gasteiger partial charge in [0.1, 0.15) is 0 Å².